The zero-order valence-corrected chi connectivity index (χ0v) is 8.65. The summed E-state index contributed by atoms with van der Waals surface area (Å²) in [6.07, 6.45) is -0.654. The van der Waals surface area contributed by atoms with Crippen LogP contribution in [0.25, 0.3) is 6.08 Å². The normalized spacial score (nSPS) is 12.3. The van der Waals surface area contributed by atoms with Gasteiger partial charge in [-0.1, -0.05) is 30.4 Å². The van der Waals surface area contributed by atoms with E-state index in [1.807, 2.05) is 0 Å². The minimum absolute atomic E-state index is 0.176. The lowest BCUT2D eigenvalue weighted by Crippen LogP contribution is -2.06. The van der Waals surface area contributed by atoms with Crippen LogP contribution in [0.3, 0.4) is 0 Å². The second-order valence-electron chi connectivity index (χ2n) is 2.97. The van der Waals surface area contributed by atoms with Gasteiger partial charge in [0, 0.05) is 5.88 Å². The smallest absolute Gasteiger partial charge is 0.166 e. The molecule has 0 saturated carbocycles. The maximum atomic E-state index is 12.5. The molecular weight excluding hydrogens is 225 g/mol. The summed E-state index contributed by atoms with van der Waals surface area (Å²) >= 11 is 5.42. The van der Waals surface area contributed by atoms with E-state index in [2.05, 4.69) is 0 Å². The van der Waals surface area contributed by atoms with E-state index in [1.54, 1.807) is 12.1 Å². The van der Waals surface area contributed by atoms with Crippen LogP contribution in [0.2, 0.25) is 0 Å². The average molecular weight is 235 g/mol. The van der Waals surface area contributed by atoms with E-state index in [0.717, 1.165) is 6.07 Å². The Labute approximate surface area is 91.4 Å². The first-order valence-electron chi connectivity index (χ1n) is 4.44. The molecule has 0 bridgehead atoms. The van der Waals surface area contributed by atoms with Crippen LogP contribution < -0.4 is 0 Å². The molecule has 15 heavy (non-hydrogen) atoms. The van der Waals surface area contributed by atoms with Crippen molar-refractivity contribution in [1.29, 1.82) is 0 Å². The highest BCUT2D eigenvalue weighted by Crippen LogP contribution is 2.32. The van der Waals surface area contributed by atoms with Crippen LogP contribution in [0.15, 0.2) is 30.3 Å². The number of alkyl halides is 4. The van der Waals surface area contributed by atoms with Crippen molar-refractivity contribution in [3.05, 3.63) is 41.5 Å². The zero-order valence-electron chi connectivity index (χ0n) is 7.89. The van der Waals surface area contributed by atoms with E-state index >= 15 is 0 Å². The number of halogens is 4. The van der Waals surface area contributed by atoms with Crippen LogP contribution in [-0.2, 0) is 6.18 Å². The molecule has 4 heteroatoms. The van der Waals surface area contributed by atoms with Crippen LogP contribution in [0.5, 0.6) is 0 Å². The molecular formula is C11H10ClF3. The Morgan fingerprint density at radius 1 is 1.20 bits per heavy atom. The fraction of sp³-hybridized carbons (Fsp3) is 0.273. The topological polar surface area (TPSA) is 0 Å². The molecule has 1 aromatic rings. The van der Waals surface area contributed by atoms with Gasteiger partial charge in [-0.2, -0.15) is 13.2 Å². The monoisotopic (exact) mass is 234 g/mol. The third-order valence-electron chi connectivity index (χ3n) is 1.84. The van der Waals surface area contributed by atoms with Gasteiger partial charge in [0.1, 0.15) is 0 Å². The SMILES string of the molecule is FC(F)(F)c1ccccc1C=CCCCl. The molecule has 0 fully saturated rings. The second kappa shape index (κ2) is 5.21. The molecule has 1 rings (SSSR count). The quantitative estimate of drug-likeness (QED) is 0.682. The molecule has 0 N–H and O–H groups in total. The molecule has 0 aliphatic rings. The highest BCUT2D eigenvalue weighted by Gasteiger charge is 2.32. The number of rotatable bonds is 3. The maximum Gasteiger partial charge on any atom is 0.416 e. The van der Waals surface area contributed by atoms with Crippen LogP contribution in [0, 0.1) is 0 Å². The Morgan fingerprint density at radius 2 is 1.87 bits per heavy atom. The van der Waals surface area contributed by atoms with Crippen LogP contribution in [-0.4, -0.2) is 5.88 Å². The van der Waals surface area contributed by atoms with E-state index in [4.69, 9.17) is 11.6 Å². The highest BCUT2D eigenvalue weighted by molar-refractivity contribution is 6.17. The summed E-state index contributed by atoms with van der Waals surface area (Å²) in [7, 11) is 0. The molecule has 0 unspecified atom stereocenters. The first kappa shape index (κ1) is 12.1. The predicted molar refractivity (Wildman–Crippen MR) is 55.8 cm³/mol. The van der Waals surface area contributed by atoms with Gasteiger partial charge in [0.15, 0.2) is 0 Å². The van der Waals surface area contributed by atoms with E-state index in [1.165, 1.54) is 18.2 Å². The fourth-order valence-corrected chi connectivity index (χ4v) is 1.30. The summed E-state index contributed by atoms with van der Waals surface area (Å²) in [6.45, 7) is 0. The van der Waals surface area contributed by atoms with Crippen LogP contribution >= 0.6 is 11.6 Å². The molecule has 82 valence electrons. The van der Waals surface area contributed by atoms with Gasteiger partial charge in [0.2, 0.25) is 0 Å². The van der Waals surface area contributed by atoms with E-state index in [-0.39, 0.29) is 5.56 Å². The van der Waals surface area contributed by atoms with Crippen LogP contribution in [0.4, 0.5) is 13.2 Å². The summed E-state index contributed by atoms with van der Waals surface area (Å²) in [6, 6.07) is 5.46. The number of hydrogen-bond acceptors (Lipinski definition) is 0. The first-order valence-corrected chi connectivity index (χ1v) is 4.98. The molecule has 0 nitrogen and oxygen atoms in total. The molecule has 0 aromatic heterocycles. The van der Waals surface area contributed by atoms with Crippen molar-refractivity contribution in [3.8, 4) is 0 Å². The second-order valence-corrected chi connectivity index (χ2v) is 3.34. The minimum Gasteiger partial charge on any atom is -0.166 e. The van der Waals surface area contributed by atoms with Gasteiger partial charge in [0.05, 0.1) is 5.56 Å². The number of hydrogen-bond donors (Lipinski definition) is 0. The highest BCUT2D eigenvalue weighted by atomic mass is 35.5. The van der Waals surface area contributed by atoms with Crippen molar-refractivity contribution in [2.75, 3.05) is 5.88 Å². The largest absolute Gasteiger partial charge is 0.416 e. The molecule has 0 spiro atoms. The number of benzene rings is 1. The Kier molecular flexibility index (Phi) is 4.21. The first-order chi connectivity index (χ1) is 7.05. The van der Waals surface area contributed by atoms with Crippen LogP contribution in [0.1, 0.15) is 17.5 Å². The Balaban J connectivity index is 2.97. The summed E-state index contributed by atoms with van der Waals surface area (Å²) in [5, 5.41) is 0. The van der Waals surface area contributed by atoms with Gasteiger partial charge in [-0.25, -0.2) is 0 Å². The summed E-state index contributed by atoms with van der Waals surface area (Å²) in [5.74, 6) is 0.407. The van der Waals surface area contributed by atoms with Crippen molar-refractivity contribution < 1.29 is 13.2 Å². The van der Waals surface area contributed by atoms with Gasteiger partial charge < -0.3 is 0 Å². The third-order valence-corrected chi connectivity index (χ3v) is 2.06. The summed E-state index contributed by atoms with van der Waals surface area (Å²) < 4.78 is 37.5. The van der Waals surface area contributed by atoms with Gasteiger partial charge >= 0.3 is 6.18 Å². The van der Waals surface area contributed by atoms with Crippen molar-refractivity contribution in [2.24, 2.45) is 0 Å². The summed E-state index contributed by atoms with van der Waals surface area (Å²) in [5.41, 5.74) is -0.439. The van der Waals surface area contributed by atoms with Gasteiger partial charge in [-0.15, -0.1) is 11.6 Å². The van der Waals surface area contributed by atoms with Crippen molar-refractivity contribution in [3.63, 3.8) is 0 Å². The molecule has 0 saturated heterocycles. The lowest BCUT2D eigenvalue weighted by atomic mass is 10.1. The summed E-state index contributed by atoms with van der Waals surface area (Å²) in [4.78, 5) is 0. The Bertz CT molecular complexity index is 342. The molecule has 1 aromatic carbocycles. The van der Waals surface area contributed by atoms with Gasteiger partial charge in [-0.05, 0) is 18.1 Å². The Morgan fingerprint density at radius 3 is 2.47 bits per heavy atom. The van der Waals surface area contributed by atoms with Crippen molar-refractivity contribution in [2.45, 2.75) is 12.6 Å². The lowest BCUT2D eigenvalue weighted by molar-refractivity contribution is -0.137. The standard InChI is InChI=1S/C11H10ClF3/c12-8-4-3-6-9-5-1-2-7-10(9)11(13,14)15/h1-3,5-7H,4,8H2. The Hall–Kier alpha value is -0.960. The van der Waals surface area contributed by atoms with Gasteiger partial charge in [-0.3, -0.25) is 0 Å². The molecule has 0 atom stereocenters. The minimum atomic E-state index is -4.30. The zero-order chi connectivity index (χ0) is 11.3. The van der Waals surface area contributed by atoms with Crippen molar-refractivity contribution in [1.82, 2.24) is 0 Å². The molecule has 0 aliphatic carbocycles. The third kappa shape index (κ3) is 3.59. The lowest BCUT2D eigenvalue weighted by Gasteiger charge is -2.09. The van der Waals surface area contributed by atoms with Crippen molar-refractivity contribution >= 4 is 17.7 Å². The molecule has 0 aliphatic heterocycles. The van der Waals surface area contributed by atoms with Gasteiger partial charge in [0.25, 0.3) is 0 Å². The van der Waals surface area contributed by atoms with E-state index in [9.17, 15) is 13.2 Å². The molecule has 0 amide bonds. The fourth-order valence-electron chi connectivity index (χ4n) is 1.17. The average Bonchev–Trinajstić information content (AvgIpc) is 2.17. The maximum absolute atomic E-state index is 12.5. The number of allylic oxidation sites excluding steroid dienone is 1. The molecule has 0 radical (unpaired) electrons. The van der Waals surface area contributed by atoms with E-state index < -0.39 is 11.7 Å². The van der Waals surface area contributed by atoms with E-state index in [0.29, 0.717) is 12.3 Å². The molecule has 0 heterocycles. The predicted octanol–water partition coefficient (Wildman–Crippen LogP) is 4.35.